The maximum absolute atomic E-state index is 12.9. The summed E-state index contributed by atoms with van der Waals surface area (Å²) in [6.07, 6.45) is 1.18. The minimum Gasteiger partial charge on any atom is -0.274 e. The maximum atomic E-state index is 12.9. The predicted octanol–water partition coefficient (Wildman–Crippen LogP) is 3.41. The van der Waals surface area contributed by atoms with Gasteiger partial charge in [0.2, 0.25) is 11.8 Å². The Labute approximate surface area is 130 Å². The number of hydrogen-bond donors (Lipinski definition) is 0. The van der Waals surface area contributed by atoms with E-state index in [0.717, 1.165) is 29.9 Å². The fourth-order valence-corrected chi connectivity index (χ4v) is 4.15. The van der Waals surface area contributed by atoms with Crippen LogP contribution in [0.25, 0.3) is 0 Å². The van der Waals surface area contributed by atoms with Crippen LogP contribution in [0.4, 0.5) is 18.9 Å². The fraction of sp³-hybridized carbons (Fsp3) is 0.412. The van der Waals surface area contributed by atoms with E-state index in [4.69, 9.17) is 0 Å². The lowest BCUT2D eigenvalue weighted by Gasteiger charge is -2.38. The zero-order valence-corrected chi connectivity index (χ0v) is 12.1. The number of alkyl halides is 3. The monoisotopic (exact) mass is 321 g/mol. The van der Waals surface area contributed by atoms with Crippen molar-refractivity contribution >= 4 is 17.5 Å². The van der Waals surface area contributed by atoms with Gasteiger partial charge in [-0.3, -0.25) is 14.5 Å². The summed E-state index contributed by atoms with van der Waals surface area (Å²) in [6.45, 7) is 0. The van der Waals surface area contributed by atoms with Gasteiger partial charge >= 0.3 is 6.18 Å². The van der Waals surface area contributed by atoms with Crippen LogP contribution in [0, 0.1) is 23.7 Å². The third kappa shape index (κ3) is 2.04. The number of halogens is 3. The standard InChI is InChI=1S/C17H14F3NO2/c18-17(19,20)11-2-1-3-12(8-11)21-15(22)13-9-4-5-10(7-6-9)14(13)16(21)23/h1-5,8-10,13-14H,6-7H2/t9-,10-,13+,14+/m0/s1. The van der Waals surface area contributed by atoms with E-state index in [0.29, 0.717) is 0 Å². The van der Waals surface area contributed by atoms with Crippen LogP contribution in [-0.4, -0.2) is 11.8 Å². The van der Waals surface area contributed by atoms with Gasteiger partial charge in [0, 0.05) is 0 Å². The molecule has 1 aromatic carbocycles. The van der Waals surface area contributed by atoms with Crippen molar-refractivity contribution in [2.45, 2.75) is 19.0 Å². The maximum Gasteiger partial charge on any atom is 0.416 e. The van der Waals surface area contributed by atoms with Gasteiger partial charge in [-0.2, -0.15) is 13.2 Å². The molecule has 2 bridgehead atoms. The lowest BCUT2D eigenvalue weighted by molar-refractivity contribution is -0.137. The third-order valence-electron chi connectivity index (χ3n) is 5.19. The molecule has 1 aromatic rings. The van der Waals surface area contributed by atoms with Gasteiger partial charge in [-0.25, -0.2) is 0 Å². The van der Waals surface area contributed by atoms with Gasteiger partial charge in [-0.15, -0.1) is 0 Å². The summed E-state index contributed by atoms with van der Waals surface area (Å²) in [7, 11) is 0. The van der Waals surface area contributed by atoms with E-state index in [2.05, 4.69) is 0 Å². The topological polar surface area (TPSA) is 37.4 Å². The number of hydrogen-bond acceptors (Lipinski definition) is 2. The highest BCUT2D eigenvalue weighted by Crippen LogP contribution is 2.50. The summed E-state index contributed by atoms with van der Waals surface area (Å²) in [6, 6.07) is 4.43. The number of carbonyl (C=O) groups excluding carboxylic acids is 2. The molecule has 3 aliphatic carbocycles. The number of rotatable bonds is 1. The molecule has 1 aliphatic heterocycles. The molecule has 2 fully saturated rings. The molecule has 120 valence electrons. The number of allylic oxidation sites excluding steroid dienone is 2. The summed E-state index contributed by atoms with van der Waals surface area (Å²) >= 11 is 0. The number of nitrogens with zero attached hydrogens (tertiary/aromatic N) is 1. The van der Waals surface area contributed by atoms with Crippen molar-refractivity contribution in [3.63, 3.8) is 0 Å². The van der Waals surface area contributed by atoms with Crippen LogP contribution < -0.4 is 4.90 Å². The predicted molar refractivity (Wildman–Crippen MR) is 76.3 cm³/mol. The summed E-state index contributed by atoms with van der Waals surface area (Å²) in [5, 5.41) is 0. The zero-order valence-electron chi connectivity index (χ0n) is 12.1. The van der Waals surface area contributed by atoms with Crippen molar-refractivity contribution in [1.29, 1.82) is 0 Å². The Kier molecular flexibility index (Phi) is 2.95. The van der Waals surface area contributed by atoms with Crippen LogP contribution in [-0.2, 0) is 15.8 Å². The van der Waals surface area contributed by atoms with E-state index in [9.17, 15) is 22.8 Å². The lowest BCUT2D eigenvalue weighted by Crippen LogP contribution is -2.38. The lowest BCUT2D eigenvalue weighted by atomic mass is 9.63. The number of carbonyl (C=O) groups is 2. The molecule has 6 heteroatoms. The van der Waals surface area contributed by atoms with E-state index >= 15 is 0 Å². The number of fused-ring (bicyclic) bond motifs is 1. The molecule has 23 heavy (non-hydrogen) atoms. The van der Waals surface area contributed by atoms with Crippen molar-refractivity contribution in [1.82, 2.24) is 0 Å². The summed E-state index contributed by atoms with van der Waals surface area (Å²) < 4.78 is 38.6. The van der Waals surface area contributed by atoms with Crippen LogP contribution in [0.1, 0.15) is 18.4 Å². The molecule has 1 saturated heterocycles. The van der Waals surface area contributed by atoms with Crippen molar-refractivity contribution in [2.75, 3.05) is 4.90 Å². The Morgan fingerprint density at radius 2 is 1.52 bits per heavy atom. The molecule has 0 aromatic heterocycles. The van der Waals surface area contributed by atoms with E-state index in [1.165, 1.54) is 12.1 Å². The first kappa shape index (κ1) is 14.5. The summed E-state index contributed by atoms with van der Waals surface area (Å²) in [5.41, 5.74) is -0.838. The van der Waals surface area contributed by atoms with Crippen LogP contribution in [0.5, 0.6) is 0 Å². The molecule has 1 saturated carbocycles. The first-order valence-electron chi connectivity index (χ1n) is 7.61. The second-order valence-electron chi connectivity index (χ2n) is 6.40. The van der Waals surface area contributed by atoms with E-state index in [1.807, 2.05) is 12.2 Å². The molecule has 0 spiro atoms. The van der Waals surface area contributed by atoms with E-state index < -0.39 is 23.6 Å². The molecule has 3 nitrogen and oxygen atoms in total. The van der Waals surface area contributed by atoms with Gasteiger partial charge in [0.25, 0.3) is 0 Å². The highest BCUT2D eigenvalue weighted by molar-refractivity contribution is 6.22. The van der Waals surface area contributed by atoms with E-state index in [1.54, 1.807) is 0 Å². The van der Waals surface area contributed by atoms with Crippen molar-refractivity contribution in [3.8, 4) is 0 Å². The minimum absolute atomic E-state index is 0.0172. The Morgan fingerprint density at radius 3 is 2.00 bits per heavy atom. The van der Waals surface area contributed by atoms with Gasteiger partial charge in [0.1, 0.15) is 0 Å². The Balaban J connectivity index is 1.74. The Bertz CT molecular complexity index is 693. The zero-order chi connectivity index (χ0) is 16.4. The normalized spacial score (nSPS) is 32.6. The average Bonchev–Trinajstić information content (AvgIpc) is 2.81. The second-order valence-corrected chi connectivity index (χ2v) is 6.40. The first-order chi connectivity index (χ1) is 10.9. The van der Waals surface area contributed by atoms with Gasteiger partial charge < -0.3 is 0 Å². The molecule has 4 aliphatic rings. The molecule has 0 radical (unpaired) electrons. The Morgan fingerprint density at radius 1 is 0.957 bits per heavy atom. The average molecular weight is 321 g/mol. The highest BCUT2D eigenvalue weighted by atomic mass is 19.4. The largest absolute Gasteiger partial charge is 0.416 e. The van der Waals surface area contributed by atoms with Crippen molar-refractivity contribution < 1.29 is 22.8 Å². The second kappa shape index (κ2) is 4.69. The van der Waals surface area contributed by atoms with Crippen molar-refractivity contribution in [2.24, 2.45) is 23.7 Å². The highest BCUT2D eigenvalue weighted by Gasteiger charge is 2.56. The first-order valence-corrected chi connectivity index (χ1v) is 7.61. The summed E-state index contributed by atoms with van der Waals surface area (Å²) in [4.78, 5) is 26.3. The number of benzene rings is 1. The molecule has 4 atom stereocenters. The van der Waals surface area contributed by atoms with E-state index in [-0.39, 0.29) is 29.3 Å². The third-order valence-corrected chi connectivity index (χ3v) is 5.19. The van der Waals surface area contributed by atoms with Crippen LogP contribution in [0.15, 0.2) is 36.4 Å². The van der Waals surface area contributed by atoms with Crippen molar-refractivity contribution in [3.05, 3.63) is 42.0 Å². The van der Waals surface area contributed by atoms with Crippen LogP contribution in [0.2, 0.25) is 0 Å². The molecule has 5 rings (SSSR count). The molecular weight excluding hydrogens is 307 g/mol. The molecule has 0 N–H and O–H groups in total. The molecular formula is C17H14F3NO2. The number of anilines is 1. The van der Waals surface area contributed by atoms with Gasteiger partial charge in [0.05, 0.1) is 23.1 Å². The smallest absolute Gasteiger partial charge is 0.274 e. The fourth-order valence-electron chi connectivity index (χ4n) is 4.15. The summed E-state index contributed by atoms with van der Waals surface area (Å²) in [5.74, 6) is -1.51. The Hall–Kier alpha value is -2.11. The van der Waals surface area contributed by atoms with Gasteiger partial charge in [-0.05, 0) is 42.9 Å². The quantitative estimate of drug-likeness (QED) is 0.587. The molecule has 2 amide bonds. The SMILES string of the molecule is O=C1[C@H]2[C@H](C(=O)N1c1cccc(C(F)(F)F)c1)[C@H]1C=C[C@H]2CC1. The van der Waals surface area contributed by atoms with Crippen LogP contribution in [0.3, 0.4) is 0 Å². The number of amides is 2. The van der Waals surface area contributed by atoms with Gasteiger partial charge in [-0.1, -0.05) is 18.2 Å². The van der Waals surface area contributed by atoms with Crippen LogP contribution >= 0.6 is 0 Å². The minimum atomic E-state index is -4.50. The van der Waals surface area contributed by atoms with Gasteiger partial charge in [0.15, 0.2) is 0 Å². The molecule has 1 heterocycles. The molecule has 0 unspecified atom stereocenters. The number of imide groups is 1.